The normalized spacial score (nSPS) is 11.2. The van der Waals surface area contributed by atoms with Crippen LogP contribution < -0.4 is 11.1 Å². The summed E-state index contributed by atoms with van der Waals surface area (Å²) in [6, 6.07) is 4.52. The molecule has 0 aliphatic carbocycles. The zero-order valence-electron chi connectivity index (χ0n) is 16.7. The number of halogens is 3. The molecule has 0 fully saturated rings. The first-order valence-corrected chi connectivity index (χ1v) is 9.15. The van der Waals surface area contributed by atoms with E-state index in [9.17, 15) is 23.2 Å². The molecule has 0 saturated heterocycles. The maximum absolute atomic E-state index is 13.9. The number of pyridine rings is 2. The van der Waals surface area contributed by atoms with Crippen molar-refractivity contribution >= 4 is 17.4 Å². The number of rotatable bonds is 4. The van der Waals surface area contributed by atoms with Gasteiger partial charge in [0.1, 0.15) is 17.5 Å². The molecule has 4 rings (SSSR count). The molecule has 11 nitrogen and oxygen atoms in total. The van der Waals surface area contributed by atoms with Crippen molar-refractivity contribution in [2.75, 3.05) is 11.1 Å². The first kappa shape index (κ1) is 21.4. The number of amides is 1. The van der Waals surface area contributed by atoms with Crippen molar-refractivity contribution in [3.63, 3.8) is 0 Å². The summed E-state index contributed by atoms with van der Waals surface area (Å²) in [5.41, 5.74) is 3.95. The molecule has 0 aliphatic heterocycles. The molecule has 0 radical (unpaired) electrons. The van der Waals surface area contributed by atoms with Gasteiger partial charge in [-0.05, 0) is 24.6 Å². The summed E-state index contributed by atoms with van der Waals surface area (Å²) in [5.74, 6) is -0.870. The van der Waals surface area contributed by atoms with E-state index in [2.05, 4.69) is 30.6 Å². The first-order valence-electron chi connectivity index (χ1n) is 9.15. The van der Waals surface area contributed by atoms with Crippen molar-refractivity contribution in [2.24, 2.45) is 0 Å². The molecule has 4 heterocycles. The highest BCUT2D eigenvalue weighted by Crippen LogP contribution is 2.34. The monoisotopic (exact) mass is 454 g/mol. The van der Waals surface area contributed by atoms with Crippen LogP contribution in [-0.4, -0.2) is 40.6 Å². The van der Waals surface area contributed by atoms with E-state index in [1.165, 1.54) is 30.7 Å². The van der Waals surface area contributed by atoms with E-state index in [-0.39, 0.29) is 28.6 Å². The third kappa shape index (κ3) is 4.06. The van der Waals surface area contributed by atoms with Gasteiger partial charge in [0.2, 0.25) is 0 Å². The average Bonchev–Trinajstić information content (AvgIpc) is 3.43. The van der Waals surface area contributed by atoms with Crippen LogP contribution in [0.3, 0.4) is 0 Å². The summed E-state index contributed by atoms with van der Waals surface area (Å²) >= 11 is 0. The van der Waals surface area contributed by atoms with Crippen molar-refractivity contribution in [1.29, 1.82) is 5.26 Å². The number of nitrogens with one attached hydrogen (secondary N) is 1. The minimum Gasteiger partial charge on any atom is -0.384 e. The molecule has 1 amide bonds. The van der Waals surface area contributed by atoms with Gasteiger partial charge in [0.05, 0.1) is 47.9 Å². The summed E-state index contributed by atoms with van der Waals surface area (Å²) in [7, 11) is 0. The number of aromatic nitrogens is 7. The lowest BCUT2D eigenvalue weighted by atomic mass is 10.2. The maximum atomic E-state index is 13.9. The third-order valence-corrected chi connectivity index (χ3v) is 4.47. The van der Waals surface area contributed by atoms with E-state index in [4.69, 9.17) is 5.73 Å². The Hall–Kier alpha value is -4.80. The number of hydrogen-bond donors (Lipinski definition) is 2. The lowest BCUT2D eigenvalue weighted by Crippen LogP contribution is -2.21. The molecule has 0 saturated carbocycles. The van der Waals surface area contributed by atoms with Crippen molar-refractivity contribution in [3.05, 3.63) is 65.5 Å². The molecule has 4 aromatic heterocycles. The van der Waals surface area contributed by atoms with Gasteiger partial charge in [-0.1, -0.05) is 0 Å². The molecule has 3 N–H and O–H groups in total. The summed E-state index contributed by atoms with van der Waals surface area (Å²) in [4.78, 5) is 21.7. The van der Waals surface area contributed by atoms with Gasteiger partial charge in [0.15, 0.2) is 11.5 Å². The maximum Gasteiger partial charge on any atom is 0.434 e. The SMILES string of the molecule is Cc1cc(N)ncc1-n1ncc(C(=O)Nc2cnc(-n3nccn3)c(C#N)c2)c1C(F)(F)F. The number of aryl methyl sites for hydroxylation is 1. The van der Waals surface area contributed by atoms with Crippen molar-refractivity contribution in [3.8, 4) is 17.6 Å². The standard InChI is InChI=1S/C19H13F3N10O/c1-10-4-15(24)25-9-14(10)31-16(19(20,21)22)13(8-29-31)18(33)30-12-5-11(6-23)17(26-7-12)32-27-2-3-28-32/h2-5,7-9H,1H3,(H2,24,25)(H,30,33). The fraction of sp³-hybridized carbons (Fsp3) is 0.105. The van der Waals surface area contributed by atoms with Gasteiger partial charge < -0.3 is 11.1 Å². The number of nitrogens with zero attached hydrogens (tertiary/aromatic N) is 8. The number of nitriles is 1. The zero-order valence-corrected chi connectivity index (χ0v) is 16.7. The first-order chi connectivity index (χ1) is 15.7. The lowest BCUT2D eigenvalue weighted by Gasteiger charge is -2.14. The smallest absolute Gasteiger partial charge is 0.384 e. The Morgan fingerprint density at radius 2 is 1.85 bits per heavy atom. The van der Waals surface area contributed by atoms with Crippen LogP contribution in [-0.2, 0) is 6.18 Å². The van der Waals surface area contributed by atoms with Gasteiger partial charge in [-0.25, -0.2) is 14.6 Å². The number of hydrogen-bond acceptors (Lipinski definition) is 8. The molecular weight excluding hydrogens is 441 g/mol. The zero-order chi connectivity index (χ0) is 23.8. The second kappa shape index (κ2) is 8.04. The molecule has 0 unspecified atom stereocenters. The van der Waals surface area contributed by atoms with Crippen molar-refractivity contribution in [1.82, 2.24) is 34.7 Å². The fourth-order valence-electron chi connectivity index (χ4n) is 3.05. The molecule has 0 aliphatic rings. The second-order valence-electron chi connectivity index (χ2n) is 6.69. The predicted octanol–water partition coefficient (Wildman–Crippen LogP) is 2.28. The molecule has 14 heteroatoms. The van der Waals surface area contributed by atoms with Crippen LogP contribution in [0.4, 0.5) is 24.7 Å². The molecule has 166 valence electrons. The van der Waals surface area contributed by atoms with Gasteiger partial charge in [0, 0.05) is 0 Å². The number of alkyl halides is 3. The van der Waals surface area contributed by atoms with Crippen LogP contribution in [0.5, 0.6) is 0 Å². The molecule has 33 heavy (non-hydrogen) atoms. The van der Waals surface area contributed by atoms with Gasteiger partial charge in [-0.15, -0.1) is 4.80 Å². The van der Waals surface area contributed by atoms with E-state index < -0.39 is 23.3 Å². The predicted molar refractivity (Wildman–Crippen MR) is 107 cm³/mol. The van der Waals surface area contributed by atoms with Crippen LogP contribution in [0.1, 0.15) is 27.2 Å². The molecule has 0 spiro atoms. The van der Waals surface area contributed by atoms with Crippen molar-refractivity contribution in [2.45, 2.75) is 13.1 Å². The molecule has 0 atom stereocenters. The third-order valence-electron chi connectivity index (χ3n) is 4.47. The Bertz CT molecular complexity index is 1390. The Kier molecular flexibility index (Phi) is 5.22. The topological polar surface area (TPSA) is 153 Å². The van der Waals surface area contributed by atoms with E-state index in [0.29, 0.717) is 10.2 Å². The van der Waals surface area contributed by atoms with Crippen LogP contribution in [0.25, 0.3) is 11.5 Å². The van der Waals surface area contributed by atoms with Crippen LogP contribution in [0.15, 0.2) is 43.1 Å². The largest absolute Gasteiger partial charge is 0.434 e. The van der Waals surface area contributed by atoms with Crippen LogP contribution in [0, 0.1) is 18.3 Å². The van der Waals surface area contributed by atoms with Gasteiger partial charge >= 0.3 is 6.18 Å². The second-order valence-corrected chi connectivity index (χ2v) is 6.69. The van der Waals surface area contributed by atoms with Gasteiger partial charge in [-0.2, -0.15) is 33.7 Å². The number of carbonyl (C=O) groups is 1. The highest BCUT2D eigenvalue weighted by Gasteiger charge is 2.41. The average molecular weight is 454 g/mol. The lowest BCUT2D eigenvalue weighted by molar-refractivity contribution is -0.143. The Labute approximate surface area is 183 Å². The highest BCUT2D eigenvalue weighted by molar-refractivity contribution is 6.05. The quantitative estimate of drug-likeness (QED) is 0.476. The molecular formula is C19H13F3N10O. The van der Waals surface area contributed by atoms with Crippen LogP contribution in [0.2, 0.25) is 0 Å². The Balaban J connectivity index is 1.71. The number of carbonyl (C=O) groups excluding carboxylic acids is 1. The van der Waals surface area contributed by atoms with Crippen molar-refractivity contribution < 1.29 is 18.0 Å². The van der Waals surface area contributed by atoms with Crippen LogP contribution >= 0.6 is 0 Å². The summed E-state index contributed by atoms with van der Waals surface area (Å²) < 4.78 is 42.3. The number of nitrogen functional groups attached to an aromatic ring is 1. The molecule has 0 aromatic carbocycles. The number of nitrogens with two attached hydrogens (primary N) is 1. The highest BCUT2D eigenvalue weighted by atomic mass is 19.4. The van der Waals surface area contributed by atoms with E-state index >= 15 is 0 Å². The van der Waals surface area contributed by atoms with Gasteiger partial charge in [-0.3, -0.25) is 4.79 Å². The van der Waals surface area contributed by atoms with Gasteiger partial charge in [0.25, 0.3) is 5.91 Å². The van der Waals surface area contributed by atoms with E-state index in [0.717, 1.165) is 17.2 Å². The molecule has 0 bridgehead atoms. The Morgan fingerprint density at radius 1 is 1.12 bits per heavy atom. The number of anilines is 2. The van der Waals surface area contributed by atoms with E-state index in [1.54, 1.807) is 6.92 Å². The van der Waals surface area contributed by atoms with E-state index in [1.807, 2.05) is 6.07 Å². The Morgan fingerprint density at radius 3 is 2.48 bits per heavy atom. The molecule has 4 aromatic rings. The minimum absolute atomic E-state index is 0.000636. The summed E-state index contributed by atoms with van der Waals surface area (Å²) in [6.45, 7) is 1.54. The summed E-state index contributed by atoms with van der Waals surface area (Å²) in [6.07, 6.45) is 0.959. The fourth-order valence-corrected chi connectivity index (χ4v) is 3.05. The minimum atomic E-state index is -4.91. The summed E-state index contributed by atoms with van der Waals surface area (Å²) in [5, 5.41) is 23.2.